The molecule has 1 unspecified atom stereocenters. The lowest BCUT2D eigenvalue weighted by Gasteiger charge is -2.11. The molecule has 1 aromatic heterocycles. The highest BCUT2D eigenvalue weighted by molar-refractivity contribution is 5.80. The van der Waals surface area contributed by atoms with E-state index in [1.807, 2.05) is 13.8 Å². The summed E-state index contributed by atoms with van der Waals surface area (Å²) in [4.78, 5) is 4.32. The molecule has 0 saturated heterocycles. The van der Waals surface area contributed by atoms with Crippen LogP contribution >= 0.6 is 0 Å². The Morgan fingerprint density at radius 1 is 1.38 bits per heavy atom. The van der Waals surface area contributed by atoms with Crippen LogP contribution in [0.3, 0.4) is 0 Å². The number of aromatic nitrogens is 1. The molecule has 2 nitrogen and oxygen atoms in total. The molecule has 0 aliphatic rings. The first-order chi connectivity index (χ1) is 7.61. The zero-order valence-electron chi connectivity index (χ0n) is 9.37. The van der Waals surface area contributed by atoms with Crippen LogP contribution in [0, 0.1) is 5.82 Å². The van der Waals surface area contributed by atoms with Crippen molar-refractivity contribution in [3.05, 3.63) is 35.8 Å². The second-order valence-corrected chi connectivity index (χ2v) is 4.04. The van der Waals surface area contributed by atoms with Gasteiger partial charge in [-0.15, -0.1) is 0 Å². The van der Waals surface area contributed by atoms with Crippen LogP contribution in [-0.2, 0) is 0 Å². The van der Waals surface area contributed by atoms with Crippen molar-refractivity contribution >= 4 is 10.9 Å². The molecule has 1 N–H and O–H groups in total. The highest BCUT2D eigenvalue weighted by Crippen LogP contribution is 2.29. The van der Waals surface area contributed by atoms with Crippen LogP contribution in [0.15, 0.2) is 24.3 Å². The average molecular weight is 219 g/mol. The van der Waals surface area contributed by atoms with Gasteiger partial charge >= 0.3 is 0 Å². The molecule has 0 aliphatic carbocycles. The van der Waals surface area contributed by atoms with Gasteiger partial charge in [0, 0.05) is 17.4 Å². The molecular formula is C13H14FNO. The van der Waals surface area contributed by atoms with Crippen LogP contribution in [0.5, 0.6) is 5.75 Å². The summed E-state index contributed by atoms with van der Waals surface area (Å²) in [6, 6.07) is 6.02. The Morgan fingerprint density at radius 3 is 2.81 bits per heavy atom. The van der Waals surface area contributed by atoms with Gasteiger partial charge in [0.15, 0.2) is 0 Å². The van der Waals surface area contributed by atoms with Crippen molar-refractivity contribution in [1.82, 2.24) is 4.98 Å². The topological polar surface area (TPSA) is 33.1 Å². The van der Waals surface area contributed by atoms with E-state index in [4.69, 9.17) is 0 Å². The molecule has 1 atom stereocenters. The van der Waals surface area contributed by atoms with Gasteiger partial charge in [0.2, 0.25) is 0 Å². The molecule has 16 heavy (non-hydrogen) atoms. The van der Waals surface area contributed by atoms with E-state index in [2.05, 4.69) is 4.98 Å². The van der Waals surface area contributed by atoms with Gasteiger partial charge in [-0.25, -0.2) is 9.37 Å². The lowest BCUT2D eigenvalue weighted by molar-refractivity contribution is 0.458. The van der Waals surface area contributed by atoms with Gasteiger partial charge in [0.1, 0.15) is 11.6 Å². The maximum atomic E-state index is 13.0. The minimum absolute atomic E-state index is 0.174. The predicted octanol–water partition coefficient (Wildman–Crippen LogP) is 3.59. The average Bonchev–Trinajstić information content (AvgIpc) is 2.28. The van der Waals surface area contributed by atoms with Gasteiger partial charge in [0.25, 0.3) is 0 Å². The summed E-state index contributed by atoms with van der Waals surface area (Å²) in [5, 5.41) is 10.6. The highest BCUT2D eigenvalue weighted by Gasteiger charge is 2.12. The predicted molar refractivity (Wildman–Crippen MR) is 62.1 cm³/mol. The fourth-order valence-electron chi connectivity index (χ4n) is 1.70. The second-order valence-electron chi connectivity index (χ2n) is 4.04. The number of halogens is 1. The van der Waals surface area contributed by atoms with E-state index in [1.165, 1.54) is 12.1 Å². The number of rotatable bonds is 2. The maximum absolute atomic E-state index is 13.0. The Bertz CT molecular complexity index is 525. The number of benzene rings is 1. The molecule has 0 saturated carbocycles. The fraction of sp³-hybridized carbons (Fsp3) is 0.308. The summed E-state index contributed by atoms with van der Waals surface area (Å²) in [7, 11) is 0. The summed E-state index contributed by atoms with van der Waals surface area (Å²) in [5.74, 6) is 0.0573. The van der Waals surface area contributed by atoms with Crippen LogP contribution in [0.25, 0.3) is 10.9 Å². The number of hydrogen-bond donors (Lipinski definition) is 1. The standard InChI is InChI=1S/C13H14FNO/c1-3-8(2)13-12(16)6-9-4-5-10(14)7-11(9)15-13/h4-8,16H,3H2,1-2H3. The number of pyridine rings is 1. The van der Waals surface area contributed by atoms with Crippen LogP contribution < -0.4 is 0 Å². The third-order valence-electron chi connectivity index (χ3n) is 2.87. The highest BCUT2D eigenvalue weighted by atomic mass is 19.1. The number of hydrogen-bond acceptors (Lipinski definition) is 2. The van der Waals surface area contributed by atoms with Gasteiger partial charge < -0.3 is 5.11 Å². The summed E-state index contributed by atoms with van der Waals surface area (Å²) in [6.07, 6.45) is 0.890. The fourth-order valence-corrected chi connectivity index (χ4v) is 1.70. The third-order valence-corrected chi connectivity index (χ3v) is 2.87. The molecule has 0 fully saturated rings. The van der Waals surface area contributed by atoms with E-state index in [1.54, 1.807) is 12.1 Å². The first kappa shape index (κ1) is 10.9. The van der Waals surface area contributed by atoms with Crippen LogP contribution in [0.1, 0.15) is 31.9 Å². The van der Waals surface area contributed by atoms with Crippen molar-refractivity contribution in [3.63, 3.8) is 0 Å². The second kappa shape index (κ2) is 4.08. The smallest absolute Gasteiger partial charge is 0.137 e. The Kier molecular flexibility index (Phi) is 2.77. The molecule has 3 heteroatoms. The Labute approximate surface area is 93.8 Å². The van der Waals surface area contributed by atoms with Gasteiger partial charge in [-0.2, -0.15) is 0 Å². The minimum atomic E-state index is -0.305. The van der Waals surface area contributed by atoms with Gasteiger partial charge in [-0.1, -0.05) is 13.8 Å². The van der Waals surface area contributed by atoms with E-state index in [0.717, 1.165) is 11.8 Å². The van der Waals surface area contributed by atoms with Crippen LogP contribution in [0.4, 0.5) is 4.39 Å². The maximum Gasteiger partial charge on any atom is 0.137 e. The van der Waals surface area contributed by atoms with Crippen molar-refractivity contribution in [1.29, 1.82) is 0 Å². The lowest BCUT2D eigenvalue weighted by atomic mass is 10.0. The third kappa shape index (κ3) is 1.85. The van der Waals surface area contributed by atoms with Crippen molar-refractivity contribution in [2.24, 2.45) is 0 Å². The summed E-state index contributed by atoms with van der Waals surface area (Å²) in [5.41, 5.74) is 1.23. The van der Waals surface area contributed by atoms with Gasteiger partial charge in [0.05, 0.1) is 11.2 Å². The molecule has 1 aromatic carbocycles. The van der Waals surface area contributed by atoms with Gasteiger partial charge in [-0.05, 0) is 24.6 Å². The largest absolute Gasteiger partial charge is 0.506 e. The summed E-state index contributed by atoms with van der Waals surface area (Å²) >= 11 is 0. The van der Waals surface area contributed by atoms with Crippen LogP contribution in [0.2, 0.25) is 0 Å². The van der Waals surface area contributed by atoms with E-state index in [9.17, 15) is 9.50 Å². The lowest BCUT2D eigenvalue weighted by Crippen LogP contribution is -1.97. The van der Waals surface area contributed by atoms with E-state index in [0.29, 0.717) is 11.2 Å². The van der Waals surface area contributed by atoms with Crippen molar-refractivity contribution in [2.75, 3.05) is 0 Å². The number of aromatic hydroxyl groups is 1. The Balaban J connectivity index is 2.64. The first-order valence-electron chi connectivity index (χ1n) is 5.41. The molecule has 0 radical (unpaired) electrons. The summed E-state index contributed by atoms with van der Waals surface area (Å²) < 4.78 is 13.0. The Morgan fingerprint density at radius 2 is 2.12 bits per heavy atom. The van der Waals surface area contributed by atoms with Crippen molar-refractivity contribution < 1.29 is 9.50 Å². The molecule has 0 bridgehead atoms. The van der Waals surface area contributed by atoms with Gasteiger partial charge in [-0.3, -0.25) is 0 Å². The monoisotopic (exact) mass is 219 g/mol. The minimum Gasteiger partial charge on any atom is -0.506 e. The normalized spacial score (nSPS) is 12.9. The molecule has 0 spiro atoms. The molecule has 2 aromatic rings. The van der Waals surface area contributed by atoms with E-state index < -0.39 is 0 Å². The summed E-state index contributed by atoms with van der Waals surface area (Å²) in [6.45, 7) is 4.02. The number of fused-ring (bicyclic) bond motifs is 1. The van der Waals surface area contributed by atoms with Crippen LogP contribution in [-0.4, -0.2) is 10.1 Å². The van der Waals surface area contributed by atoms with Crippen molar-refractivity contribution in [2.45, 2.75) is 26.2 Å². The molecule has 1 heterocycles. The number of nitrogens with zero attached hydrogens (tertiary/aromatic N) is 1. The Hall–Kier alpha value is -1.64. The van der Waals surface area contributed by atoms with Crippen molar-refractivity contribution in [3.8, 4) is 5.75 Å². The first-order valence-corrected chi connectivity index (χ1v) is 5.41. The molecule has 84 valence electrons. The molecular weight excluding hydrogens is 205 g/mol. The zero-order chi connectivity index (χ0) is 11.7. The molecule has 0 amide bonds. The quantitative estimate of drug-likeness (QED) is 0.837. The molecule has 2 rings (SSSR count). The van der Waals surface area contributed by atoms with E-state index >= 15 is 0 Å². The SMILES string of the molecule is CCC(C)c1nc2cc(F)ccc2cc1O. The van der Waals surface area contributed by atoms with E-state index in [-0.39, 0.29) is 17.5 Å². The molecule has 0 aliphatic heterocycles. The zero-order valence-corrected chi connectivity index (χ0v) is 9.37.